The molecule has 1 rings (SSSR count). The Bertz CT molecular complexity index is 394. The van der Waals surface area contributed by atoms with Crippen molar-refractivity contribution < 1.29 is 18.7 Å². The van der Waals surface area contributed by atoms with Crippen molar-refractivity contribution >= 4 is 36.5 Å². The van der Waals surface area contributed by atoms with Crippen molar-refractivity contribution in [2.45, 2.75) is 20.0 Å². The van der Waals surface area contributed by atoms with E-state index >= 15 is 0 Å². The lowest BCUT2D eigenvalue weighted by atomic mass is 10.3. The van der Waals surface area contributed by atoms with Gasteiger partial charge in [-0.15, -0.1) is 23.7 Å². The monoisotopic (exact) mass is 316 g/mol. The van der Waals surface area contributed by atoms with E-state index < -0.39 is 13.7 Å². The van der Waals surface area contributed by atoms with Crippen molar-refractivity contribution in [2.75, 3.05) is 25.1 Å². The Labute approximate surface area is 116 Å². The average molecular weight is 317 g/mol. The topological polar surface area (TPSA) is 94.7 Å². The predicted molar refractivity (Wildman–Crippen MR) is 74.5 cm³/mol. The van der Waals surface area contributed by atoms with E-state index in [0.29, 0.717) is 10.8 Å². The number of rotatable bonds is 7. The minimum Gasteiger partial charge on any atom is -0.386 e. The second-order valence-electron chi connectivity index (χ2n) is 3.26. The van der Waals surface area contributed by atoms with E-state index in [2.05, 4.69) is 4.98 Å². The van der Waals surface area contributed by atoms with Crippen LogP contribution in [0.4, 0.5) is 5.13 Å². The Morgan fingerprint density at radius 2 is 2.06 bits per heavy atom. The lowest BCUT2D eigenvalue weighted by molar-refractivity contribution is 0.168. The van der Waals surface area contributed by atoms with Gasteiger partial charge in [0.05, 0.1) is 25.1 Å². The molecule has 1 heterocycles. The van der Waals surface area contributed by atoms with Crippen LogP contribution >= 0.6 is 31.3 Å². The molecule has 0 aliphatic heterocycles. The summed E-state index contributed by atoms with van der Waals surface area (Å²) in [6.07, 6.45) is -1.11. The van der Waals surface area contributed by atoms with E-state index in [0.717, 1.165) is 0 Å². The third-order valence-electron chi connectivity index (χ3n) is 1.93. The number of aliphatic hydroxyl groups is 1. The summed E-state index contributed by atoms with van der Waals surface area (Å²) in [5, 5.41) is 11.9. The Morgan fingerprint density at radius 3 is 2.44 bits per heavy atom. The van der Waals surface area contributed by atoms with E-state index in [9.17, 15) is 9.67 Å². The van der Waals surface area contributed by atoms with Gasteiger partial charge in [-0.25, -0.2) is 4.98 Å². The van der Waals surface area contributed by atoms with E-state index in [1.54, 1.807) is 19.2 Å². The van der Waals surface area contributed by atoms with Gasteiger partial charge >= 0.3 is 7.60 Å². The van der Waals surface area contributed by atoms with E-state index in [4.69, 9.17) is 14.8 Å². The summed E-state index contributed by atoms with van der Waals surface area (Å²) in [5.41, 5.74) is 5.86. The molecule has 0 aromatic carbocycles. The van der Waals surface area contributed by atoms with Crippen LogP contribution in [0.2, 0.25) is 0 Å². The van der Waals surface area contributed by atoms with Crippen molar-refractivity contribution in [1.29, 1.82) is 0 Å². The van der Waals surface area contributed by atoms with Crippen LogP contribution in [0.15, 0.2) is 5.38 Å². The standard InChI is InChI=1S/C9H17N2O4PS.ClH/c1-3-14-16(13,15-4-2)5-8(12)7-6-17-9(10)11-7;/h6,8,12H,3-5H2,1-2H3,(H2,10,11);1H. The van der Waals surface area contributed by atoms with Crippen molar-refractivity contribution in [3.8, 4) is 0 Å². The zero-order valence-corrected chi connectivity index (χ0v) is 12.8. The zero-order chi connectivity index (χ0) is 12.9. The largest absolute Gasteiger partial charge is 0.386 e. The summed E-state index contributed by atoms with van der Waals surface area (Å²) in [5.74, 6) is 0. The average Bonchev–Trinajstić information content (AvgIpc) is 2.65. The van der Waals surface area contributed by atoms with Gasteiger partial charge in [0.1, 0.15) is 6.10 Å². The highest BCUT2D eigenvalue weighted by Gasteiger charge is 2.29. The first-order valence-corrected chi connectivity index (χ1v) is 7.88. The summed E-state index contributed by atoms with van der Waals surface area (Å²) in [4.78, 5) is 3.93. The Hall–Kier alpha value is -0.170. The maximum Gasteiger partial charge on any atom is 0.333 e. The molecular weight excluding hydrogens is 299 g/mol. The fourth-order valence-corrected chi connectivity index (χ4v) is 3.59. The van der Waals surface area contributed by atoms with Crippen molar-refractivity contribution in [2.24, 2.45) is 0 Å². The Kier molecular flexibility index (Phi) is 8.02. The number of hydrogen-bond acceptors (Lipinski definition) is 7. The number of aliphatic hydroxyl groups excluding tert-OH is 1. The molecule has 0 spiro atoms. The van der Waals surface area contributed by atoms with Crippen molar-refractivity contribution in [3.05, 3.63) is 11.1 Å². The maximum absolute atomic E-state index is 12.1. The molecule has 1 atom stereocenters. The molecule has 0 aliphatic rings. The first-order valence-electron chi connectivity index (χ1n) is 5.28. The van der Waals surface area contributed by atoms with Gasteiger partial charge in [0.15, 0.2) is 5.13 Å². The molecule has 106 valence electrons. The first kappa shape index (κ1) is 17.8. The van der Waals surface area contributed by atoms with Gasteiger partial charge < -0.3 is 19.9 Å². The highest BCUT2D eigenvalue weighted by molar-refractivity contribution is 7.53. The van der Waals surface area contributed by atoms with Gasteiger partial charge in [0.2, 0.25) is 0 Å². The van der Waals surface area contributed by atoms with E-state index in [-0.39, 0.29) is 31.8 Å². The number of nitrogen functional groups attached to an aromatic ring is 1. The summed E-state index contributed by atoms with van der Waals surface area (Å²) in [6, 6.07) is 0. The van der Waals surface area contributed by atoms with Gasteiger partial charge in [-0.2, -0.15) is 0 Å². The third-order valence-corrected chi connectivity index (χ3v) is 4.72. The van der Waals surface area contributed by atoms with Crippen molar-refractivity contribution in [1.82, 2.24) is 4.98 Å². The van der Waals surface area contributed by atoms with E-state index in [1.807, 2.05) is 0 Å². The molecule has 3 N–H and O–H groups in total. The van der Waals surface area contributed by atoms with Crippen LogP contribution < -0.4 is 5.73 Å². The minimum atomic E-state index is -3.26. The van der Waals surface area contributed by atoms with Gasteiger partial charge in [-0.3, -0.25) is 4.57 Å². The quantitative estimate of drug-likeness (QED) is 0.750. The number of aromatic nitrogens is 1. The van der Waals surface area contributed by atoms with Crippen LogP contribution in [0.25, 0.3) is 0 Å². The second-order valence-corrected chi connectivity index (χ2v) is 6.25. The molecule has 6 nitrogen and oxygen atoms in total. The number of nitrogens with zero attached hydrogens (tertiary/aromatic N) is 1. The summed E-state index contributed by atoms with van der Waals surface area (Å²) < 4.78 is 22.3. The number of hydrogen-bond donors (Lipinski definition) is 2. The molecule has 1 aromatic rings. The molecule has 0 amide bonds. The number of halogens is 1. The molecule has 18 heavy (non-hydrogen) atoms. The third kappa shape index (κ3) is 5.22. The summed E-state index contributed by atoms with van der Waals surface area (Å²) in [7, 11) is -3.26. The fraction of sp³-hybridized carbons (Fsp3) is 0.667. The molecule has 1 unspecified atom stereocenters. The molecule has 0 radical (unpaired) electrons. The molecule has 9 heteroatoms. The van der Waals surface area contributed by atoms with Crippen LogP contribution in [0.3, 0.4) is 0 Å². The number of anilines is 1. The number of nitrogens with two attached hydrogens (primary N) is 1. The van der Waals surface area contributed by atoms with Crippen LogP contribution in [0.5, 0.6) is 0 Å². The molecule has 0 aliphatic carbocycles. The normalized spacial score (nSPS) is 13.1. The molecule has 0 saturated carbocycles. The highest BCUT2D eigenvalue weighted by Crippen LogP contribution is 2.50. The lowest BCUT2D eigenvalue weighted by Crippen LogP contribution is -2.09. The Morgan fingerprint density at radius 1 is 1.50 bits per heavy atom. The van der Waals surface area contributed by atoms with Crippen LogP contribution in [-0.4, -0.2) is 29.5 Å². The summed E-state index contributed by atoms with van der Waals surface area (Å²) in [6.45, 7) is 3.98. The predicted octanol–water partition coefficient (Wildman–Crippen LogP) is 2.45. The van der Waals surface area contributed by atoms with Gasteiger partial charge in [-0.1, -0.05) is 0 Å². The number of thiazole rings is 1. The molecule has 0 bridgehead atoms. The minimum absolute atomic E-state index is 0. The van der Waals surface area contributed by atoms with Crippen LogP contribution in [-0.2, 0) is 13.6 Å². The molecule has 0 saturated heterocycles. The second kappa shape index (κ2) is 8.09. The highest BCUT2D eigenvalue weighted by atomic mass is 35.5. The maximum atomic E-state index is 12.1. The smallest absolute Gasteiger partial charge is 0.333 e. The molecule has 0 fully saturated rings. The lowest BCUT2D eigenvalue weighted by Gasteiger charge is -2.19. The first-order chi connectivity index (χ1) is 8.00. The van der Waals surface area contributed by atoms with E-state index in [1.165, 1.54) is 11.3 Å². The van der Waals surface area contributed by atoms with Gasteiger partial charge in [0, 0.05) is 5.38 Å². The van der Waals surface area contributed by atoms with Crippen LogP contribution in [0, 0.1) is 0 Å². The molecular formula is C9H18ClN2O4PS. The van der Waals surface area contributed by atoms with Crippen molar-refractivity contribution in [3.63, 3.8) is 0 Å². The Balaban J connectivity index is 0.00000289. The van der Waals surface area contributed by atoms with Gasteiger partial charge in [-0.05, 0) is 13.8 Å². The zero-order valence-electron chi connectivity index (χ0n) is 10.2. The fourth-order valence-electron chi connectivity index (χ4n) is 1.30. The molecule has 1 aromatic heterocycles. The summed E-state index contributed by atoms with van der Waals surface area (Å²) >= 11 is 1.22. The van der Waals surface area contributed by atoms with Crippen LogP contribution in [0.1, 0.15) is 25.6 Å². The van der Waals surface area contributed by atoms with Gasteiger partial charge in [0.25, 0.3) is 0 Å². The SMILES string of the molecule is CCOP(=O)(CC(O)c1csc(N)n1)OCC.Cl.